The zero-order chi connectivity index (χ0) is 19.3. The minimum atomic E-state index is -1.13. The summed E-state index contributed by atoms with van der Waals surface area (Å²) in [5, 5.41) is 27.2. The Morgan fingerprint density at radius 3 is 2.31 bits per heavy atom. The molecule has 0 heterocycles. The molecule has 0 aliphatic heterocycles. The van der Waals surface area contributed by atoms with E-state index >= 15 is 0 Å². The van der Waals surface area contributed by atoms with Gasteiger partial charge in [0.2, 0.25) is 0 Å². The molecule has 0 spiro atoms. The maximum atomic E-state index is 10.9. The largest absolute Gasteiger partial charge is 0.479 e. The first kappa shape index (κ1) is 19.5. The Kier molecular flexibility index (Phi) is 6.39. The van der Waals surface area contributed by atoms with Crippen LogP contribution in [0.3, 0.4) is 0 Å². The summed E-state index contributed by atoms with van der Waals surface area (Å²) in [4.78, 5) is 21.5. The molecule has 0 amide bonds. The lowest BCUT2D eigenvalue weighted by atomic mass is 10.0. The van der Waals surface area contributed by atoms with Gasteiger partial charge in [0, 0.05) is 0 Å². The number of carbonyl (C=O) groups is 2. The number of hydrogen-bond donors (Lipinski definition) is 2. The summed E-state index contributed by atoms with van der Waals surface area (Å²) < 4.78 is 5.56. The minimum Gasteiger partial charge on any atom is -0.479 e. The highest BCUT2D eigenvalue weighted by atomic mass is 79.9. The van der Waals surface area contributed by atoms with E-state index in [2.05, 4.69) is 22.0 Å². The van der Waals surface area contributed by atoms with Crippen LogP contribution in [-0.4, -0.2) is 28.8 Å². The van der Waals surface area contributed by atoms with Crippen LogP contribution in [0.15, 0.2) is 40.9 Å². The van der Waals surface area contributed by atoms with Crippen molar-refractivity contribution in [1.29, 1.82) is 5.26 Å². The second-order valence-electron chi connectivity index (χ2n) is 5.05. The van der Waals surface area contributed by atoms with E-state index in [1.54, 1.807) is 24.3 Å². The molecule has 0 aromatic heterocycles. The molecule has 6 nitrogen and oxygen atoms in total. The van der Waals surface area contributed by atoms with Gasteiger partial charge < -0.3 is 14.9 Å². The van der Waals surface area contributed by atoms with Crippen molar-refractivity contribution < 1.29 is 24.5 Å². The molecular weight excluding hydrogens is 426 g/mol. The van der Waals surface area contributed by atoms with E-state index in [0.717, 1.165) is 0 Å². The average molecular weight is 437 g/mol. The van der Waals surface area contributed by atoms with Gasteiger partial charge in [0.1, 0.15) is 0 Å². The summed E-state index contributed by atoms with van der Waals surface area (Å²) >= 11 is 9.38. The summed E-state index contributed by atoms with van der Waals surface area (Å²) in [5.41, 5.74) is 1.57. The van der Waals surface area contributed by atoms with Gasteiger partial charge in [0.25, 0.3) is 0 Å². The standard InChI is InChI=1S/C18H11BrClNO5/c19-14-6-10(7-15(20)17(14)26-9-16(22)23)5-13(8-21)11-1-3-12(4-2-11)18(24)25/h1-7H,9H2,(H,22,23)(H,24,25)/b13-5-. The van der Waals surface area contributed by atoms with E-state index < -0.39 is 18.5 Å². The highest BCUT2D eigenvalue weighted by molar-refractivity contribution is 9.10. The summed E-state index contributed by atoms with van der Waals surface area (Å²) in [5.74, 6) is -1.99. The zero-order valence-electron chi connectivity index (χ0n) is 13.1. The Bertz CT molecular complexity index is 909. The van der Waals surface area contributed by atoms with Gasteiger partial charge in [0.15, 0.2) is 12.4 Å². The van der Waals surface area contributed by atoms with Crippen LogP contribution in [0, 0.1) is 11.3 Å². The first-order valence-corrected chi connectivity index (χ1v) is 8.28. The van der Waals surface area contributed by atoms with Crippen molar-refractivity contribution in [2.45, 2.75) is 0 Å². The maximum Gasteiger partial charge on any atom is 0.341 e. The predicted octanol–water partition coefficient (Wildman–Crippen LogP) is 4.33. The van der Waals surface area contributed by atoms with Crippen molar-refractivity contribution in [3.63, 3.8) is 0 Å². The van der Waals surface area contributed by atoms with E-state index in [9.17, 15) is 14.9 Å². The van der Waals surface area contributed by atoms with Gasteiger partial charge in [-0.15, -0.1) is 0 Å². The van der Waals surface area contributed by atoms with Crippen LogP contribution < -0.4 is 4.74 Å². The molecule has 2 N–H and O–H groups in total. The van der Waals surface area contributed by atoms with Crippen LogP contribution in [-0.2, 0) is 4.79 Å². The minimum absolute atomic E-state index is 0.122. The number of aromatic carboxylic acids is 1. The zero-order valence-corrected chi connectivity index (χ0v) is 15.4. The number of nitriles is 1. The fourth-order valence-electron chi connectivity index (χ4n) is 2.07. The Labute approximate surface area is 162 Å². The molecule has 0 saturated carbocycles. The molecule has 132 valence electrons. The van der Waals surface area contributed by atoms with Gasteiger partial charge in [-0.1, -0.05) is 23.7 Å². The number of hydrogen-bond acceptors (Lipinski definition) is 4. The van der Waals surface area contributed by atoms with Gasteiger partial charge in [-0.2, -0.15) is 5.26 Å². The van der Waals surface area contributed by atoms with Crippen LogP contribution >= 0.6 is 27.5 Å². The molecule has 0 aliphatic carbocycles. The fourth-order valence-corrected chi connectivity index (χ4v) is 3.06. The normalized spacial score (nSPS) is 10.9. The second-order valence-corrected chi connectivity index (χ2v) is 6.31. The molecular formula is C18H11BrClNO5. The number of benzene rings is 2. The molecule has 2 aromatic rings. The van der Waals surface area contributed by atoms with Crippen molar-refractivity contribution in [2.75, 3.05) is 6.61 Å². The summed E-state index contributed by atoms with van der Waals surface area (Å²) in [6.45, 7) is -0.535. The molecule has 0 unspecified atom stereocenters. The van der Waals surface area contributed by atoms with Gasteiger partial charge in [0.05, 0.1) is 26.7 Å². The lowest BCUT2D eigenvalue weighted by Crippen LogP contribution is -2.10. The molecule has 2 rings (SSSR count). The van der Waals surface area contributed by atoms with Crippen LogP contribution in [0.4, 0.5) is 0 Å². The summed E-state index contributed by atoms with van der Waals surface area (Å²) in [6.07, 6.45) is 1.58. The van der Waals surface area contributed by atoms with Gasteiger partial charge in [-0.25, -0.2) is 9.59 Å². The molecule has 26 heavy (non-hydrogen) atoms. The molecule has 2 aromatic carbocycles. The monoisotopic (exact) mass is 435 g/mol. The first-order valence-electron chi connectivity index (χ1n) is 7.11. The highest BCUT2D eigenvalue weighted by Gasteiger charge is 2.12. The number of carboxylic acids is 2. The number of aliphatic carboxylic acids is 1. The summed E-state index contributed by atoms with van der Waals surface area (Å²) in [6, 6.07) is 11.1. The average Bonchev–Trinajstić information content (AvgIpc) is 2.58. The molecule has 0 bridgehead atoms. The first-order chi connectivity index (χ1) is 12.3. The van der Waals surface area contributed by atoms with E-state index in [1.165, 1.54) is 18.2 Å². The van der Waals surface area contributed by atoms with Crippen molar-refractivity contribution in [1.82, 2.24) is 0 Å². The third-order valence-electron chi connectivity index (χ3n) is 3.23. The topological polar surface area (TPSA) is 108 Å². The van der Waals surface area contributed by atoms with Gasteiger partial charge >= 0.3 is 11.9 Å². The maximum absolute atomic E-state index is 10.9. The van der Waals surface area contributed by atoms with Crippen LogP contribution in [0.5, 0.6) is 5.75 Å². The summed E-state index contributed by atoms with van der Waals surface area (Å²) in [7, 11) is 0. The Morgan fingerprint density at radius 2 is 1.81 bits per heavy atom. The van der Waals surface area contributed by atoms with Gasteiger partial charge in [-0.3, -0.25) is 0 Å². The predicted molar refractivity (Wildman–Crippen MR) is 99.2 cm³/mol. The van der Waals surface area contributed by atoms with Crippen LogP contribution in [0.2, 0.25) is 5.02 Å². The van der Waals surface area contributed by atoms with E-state index in [0.29, 0.717) is 21.2 Å². The third-order valence-corrected chi connectivity index (χ3v) is 4.10. The number of carboxylic acid groups (broad SMARTS) is 2. The smallest absolute Gasteiger partial charge is 0.341 e. The number of ether oxygens (including phenoxy) is 1. The highest BCUT2D eigenvalue weighted by Crippen LogP contribution is 2.35. The lowest BCUT2D eigenvalue weighted by molar-refractivity contribution is -0.139. The van der Waals surface area contributed by atoms with Crippen molar-refractivity contribution in [3.05, 3.63) is 62.6 Å². The molecule has 0 radical (unpaired) electrons. The Balaban J connectivity index is 2.35. The number of halogens is 2. The number of rotatable bonds is 6. The van der Waals surface area contributed by atoms with Crippen molar-refractivity contribution in [3.8, 4) is 11.8 Å². The lowest BCUT2D eigenvalue weighted by Gasteiger charge is -2.09. The number of nitrogens with zero attached hydrogens (tertiary/aromatic N) is 1. The molecule has 0 aliphatic rings. The van der Waals surface area contributed by atoms with Crippen LogP contribution in [0.25, 0.3) is 11.6 Å². The molecule has 0 saturated heterocycles. The third kappa shape index (κ3) is 4.85. The fraction of sp³-hybridized carbons (Fsp3) is 0.0556. The number of allylic oxidation sites excluding steroid dienone is 1. The second kappa shape index (κ2) is 8.52. The van der Waals surface area contributed by atoms with E-state index in [4.69, 9.17) is 26.6 Å². The van der Waals surface area contributed by atoms with Crippen LogP contribution in [0.1, 0.15) is 21.5 Å². The molecule has 0 fully saturated rings. The Hall–Kier alpha value is -2.82. The Morgan fingerprint density at radius 1 is 1.19 bits per heavy atom. The van der Waals surface area contributed by atoms with E-state index in [-0.39, 0.29) is 16.3 Å². The molecule has 0 atom stereocenters. The quantitative estimate of drug-likeness (QED) is 0.515. The van der Waals surface area contributed by atoms with E-state index in [1.807, 2.05) is 0 Å². The SMILES string of the molecule is N#C/C(=C/c1cc(Cl)c(OCC(=O)O)c(Br)c1)c1ccc(C(=O)O)cc1. The van der Waals surface area contributed by atoms with Crippen molar-refractivity contribution in [2.24, 2.45) is 0 Å². The van der Waals surface area contributed by atoms with Gasteiger partial charge in [-0.05, 0) is 57.4 Å². The molecule has 8 heteroatoms. The van der Waals surface area contributed by atoms with Crippen molar-refractivity contribution >= 4 is 51.1 Å².